The summed E-state index contributed by atoms with van der Waals surface area (Å²) in [5, 5.41) is 3.43. The van der Waals surface area contributed by atoms with Crippen molar-refractivity contribution in [1.29, 1.82) is 0 Å². The lowest BCUT2D eigenvalue weighted by Crippen LogP contribution is -2.41. The number of rotatable bonds is 4. The Hall–Kier alpha value is -2.37. The van der Waals surface area contributed by atoms with E-state index < -0.39 is 0 Å². The van der Waals surface area contributed by atoms with Crippen LogP contribution in [0.15, 0.2) is 48.5 Å². The Balaban J connectivity index is 1.72. The van der Waals surface area contributed by atoms with Crippen LogP contribution < -0.4 is 5.32 Å². The molecule has 25 heavy (non-hydrogen) atoms. The predicted octanol–water partition coefficient (Wildman–Crippen LogP) is 2.99. The van der Waals surface area contributed by atoms with Gasteiger partial charge in [0.25, 0.3) is 5.91 Å². The lowest BCUT2D eigenvalue weighted by atomic mass is 10.1. The summed E-state index contributed by atoms with van der Waals surface area (Å²) < 4.78 is 5.28. The molecule has 6 heteroatoms. The summed E-state index contributed by atoms with van der Waals surface area (Å²) in [6.45, 7) is 2.19. The van der Waals surface area contributed by atoms with Gasteiger partial charge in [-0.15, -0.1) is 0 Å². The number of anilines is 1. The van der Waals surface area contributed by atoms with Crippen LogP contribution in [-0.4, -0.2) is 43.0 Å². The first-order chi connectivity index (χ1) is 12.1. The van der Waals surface area contributed by atoms with Crippen molar-refractivity contribution < 1.29 is 14.3 Å². The molecule has 3 rings (SSSR count). The van der Waals surface area contributed by atoms with Crippen LogP contribution in [0.4, 0.5) is 5.69 Å². The standard InChI is InChI=1S/C19H19ClN2O3/c20-15-5-3-4-14(12-15)13-18(23)21-17-7-2-1-6-16(17)19(24)22-8-10-25-11-9-22/h1-7,12H,8-11,13H2,(H,21,23). The van der Waals surface area contributed by atoms with Gasteiger partial charge in [0, 0.05) is 18.1 Å². The molecule has 0 radical (unpaired) electrons. The van der Waals surface area contributed by atoms with Crippen molar-refractivity contribution in [3.63, 3.8) is 0 Å². The maximum Gasteiger partial charge on any atom is 0.256 e. The average molecular weight is 359 g/mol. The summed E-state index contributed by atoms with van der Waals surface area (Å²) >= 11 is 5.95. The highest BCUT2D eigenvalue weighted by molar-refractivity contribution is 6.30. The third kappa shape index (κ3) is 4.59. The topological polar surface area (TPSA) is 58.6 Å². The Labute approximate surface area is 151 Å². The van der Waals surface area contributed by atoms with Crippen LogP contribution in [0, 0.1) is 0 Å². The summed E-state index contributed by atoms with van der Waals surface area (Å²) in [5.41, 5.74) is 1.83. The molecule has 2 amide bonds. The minimum atomic E-state index is -0.190. The van der Waals surface area contributed by atoms with E-state index in [0.29, 0.717) is 42.6 Å². The van der Waals surface area contributed by atoms with Crippen molar-refractivity contribution in [2.75, 3.05) is 31.6 Å². The van der Waals surface area contributed by atoms with Gasteiger partial charge in [-0.25, -0.2) is 0 Å². The second-order valence-corrected chi connectivity index (χ2v) is 6.24. The van der Waals surface area contributed by atoms with Gasteiger partial charge < -0.3 is 15.0 Å². The minimum Gasteiger partial charge on any atom is -0.378 e. The molecule has 0 aliphatic carbocycles. The molecule has 0 atom stereocenters. The van der Waals surface area contributed by atoms with Crippen molar-refractivity contribution in [1.82, 2.24) is 4.90 Å². The number of morpholine rings is 1. The fraction of sp³-hybridized carbons (Fsp3) is 0.263. The van der Waals surface area contributed by atoms with E-state index in [-0.39, 0.29) is 18.2 Å². The second kappa shape index (κ2) is 8.14. The van der Waals surface area contributed by atoms with Crippen LogP contribution in [0.5, 0.6) is 0 Å². The summed E-state index contributed by atoms with van der Waals surface area (Å²) in [7, 11) is 0. The minimum absolute atomic E-state index is 0.0954. The van der Waals surface area contributed by atoms with Crippen molar-refractivity contribution in [3.8, 4) is 0 Å². The van der Waals surface area contributed by atoms with Gasteiger partial charge >= 0.3 is 0 Å². The fourth-order valence-electron chi connectivity index (χ4n) is 2.74. The molecule has 130 valence electrons. The molecule has 1 fully saturated rings. The molecule has 2 aromatic rings. The van der Waals surface area contributed by atoms with Crippen LogP contribution in [-0.2, 0) is 16.0 Å². The van der Waals surface area contributed by atoms with Gasteiger partial charge in [-0.1, -0.05) is 35.9 Å². The molecule has 1 aliphatic heterocycles. The zero-order valence-corrected chi connectivity index (χ0v) is 14.5. The van der Waals surface area contributed by atoms with Crippen LogP contribution in [0.25, 0.3) is 0 Å². The van der Waals surface area contributed by atoms with Crippen LogP contribution in [0.2, 0.25) is 5.02 Å². The van der Waals surface area contributed by atoms with E-state index in [1.165, 1.54) is 0 Å². The fourth-order valence-corrected chi connectivity index (χ4v) is 2.96. The quantitative estimate of drug-likeness (QED) is 0.914. The van der Waals surface area contributed by atoms with Crippen LogP contribution in [0.3, 0.4) is 0 Å². The van der Waals surface area contributed by atoms with E-state index in [2.05, 4.69) is 5.32 Å². The largest absolute Gasteiger partial charge is 0.378 e. The molecule has 5 nitrogen and oxygen atoms in total. The molecule has 1 N–H and O–H groups in total. The summed E-state index contributed by atoms with van der Waals surface area (Å²) in [6, 6.07) is 14.2. The highest BCUT2D eigenvalue weighted by Crippen LogP contribution is 2.19. The summed E-state index contributed by atoms with van der Waals surface area (Å²) in [6.07, 6.45) is 0.195. The van der Waals surface area contributed by atoms with Crippen molar-refractivity contribution >= 4 is 29.1 Å². The number of carbonyl (C=O) groups is 2. The molecular weight excluding hydrogens is 340 g/mol. The Morgan fingerprint density at radius 2 is 1.84 bits per heavy atom. The first-order valence-electron chi connectivity index (χ1n) is 8.14. The molecule has 0 saturated carbocycles. The van der Waals surface area contributed by atoms with Gasteiger partial charge in [0.2, 0.25) is 5.91 Å². The van der Waals surface area contributed by atoms with Crippen molar-refractivity contribution in [3.05, 3.63) is 64.7 Å². The zero-order valence-electron chi connectivity index (χ0n) is 13.7. The first kappa shape index (κ1) is 17.5. The number of para-hydroxylation sites is 1. The molecule has 0 bridgehead atoms. The SMILES string of the molecule is O=C(Cc1cccc(Cl)c1)Nc1ccccc1C(=O)N1CCOCC1. The Morgan fingerprint density at radius 3 is 2.60 bits per heavy atom. The molecule has 0 aromatic heterocycles. The van der Waals surface area contributed by atoms with Gasteiger partial charge in [-0.3, -0.25) is 9.59 Å². The summed E-state index contributed by atoms with van der Waals surface area (Å²) in [4.78, 5) is 26.8. The molecule has 0 spiro atoms. The van der Waals surface area contributed by atoms with Crippen LogP contribution in [0.1, 0.15) is 15.9 Å². The van der Waals surface area contributed by atoms with Gasteiger partial charge in [0.05, 0.1) is 30.9 Å². The van der Waals surface area contributed by atoms with E-state index in [4.69, 9.17) is 16.3 Å². The first-order valence-corrected chi connectivity index (χ1v) is 8.51. The van der Waals surface area contributed by atoms with Crippen molar-refractivity contribution in [2.45, 2.75) is 6.42 Å². The molecule has 0 unspecified atom stereocenters. The van der Waals surface area contributed by atoms with E-state index in [9.17, 15) is 9.59 Å². The Kier molecular flexibility index (Phi) is 5.68. The molecule has 2 aromatic carbocycles. The van der Waals surface area contributed by atoms with Crippen LogP contribution >= 0.6 is 11.6 Å². The number of ether oxygens (including phenoxy) is 1. The number of hydrogen-bond donors (Lipinski definition) is 1. The molecule has 1 aliphatic rings. The maximum absolute atomic E-state index is 12.7. The normalized spacial score (nSPS) is 14.2. The number of benzene rings is 2. The van der Waals surface area contributed by atoms with Gasteiger partial charge in [0.15, 0.2) is 0 Å². The lowest BCUT2D eigenvalue weighted by molar-refractivity contribution is -0.115. The molecular formula is C19H19ClN2O3. The number of nitrogens with zero attached hydrogens (tertiary/aromatic N) is 1. The molecule has 1 saturated heterocycles. The number of nitrogens with one attached hydrogen (secondary N) is 1. The summed E-state index contributed by atoms with van der Waals surface area (Å²) in [5.74, 6) is -0.286. The number of carbonyl (C=O) groups excluding carboxylic acids is 2. The zero-order chi connectivity index (χ0) is 17.6. The second-order valence-electron chi connectivity index (χ2n) is 5.81. The highest BCUT2D eigenvalue weighted by Gasteiger charge is 2.21. The van der Waals surface area contributed by atoms with E-state index >= 15 is 0 Å². The smallest absolute Gasteiger partial charge is 0.256 e. The Morgan fingerprint density at radius 1 is 1.08 bits per heavy atom. The third-order valence-electron chi connectivity index (χ3n) is 3.98. The predicted molar refractivity (Wildman–Crippen MR) is 97.0 cm³/mol. The monoisotopic (exact) mass is 358 g/mol. The average Bonchev–Trinajstić information content (AvgIpc) is 2.62. The number of amides is 2. The van der Waals surface area contributed by atoms with E-state index in [1.807, 2.05) is 6.07 Å². The lowest BCUT2D eigenvalue weighted by Gasteiger charge is -2.27. The highest BCUT2D eigenvalue weighted by atomic mass is 35.5. The van der Waals surface area contributed by atoms with Gasteiger partial charge in [0.1, 0.15) is 0 Å². The van der Waals surface area contributed by atoms with Gasteiger partial charge in [-0.2, -0.15) is 0 Å². The maximum atomic E-state index is 12.7. The number of halogens is 1. The van der Waals surface area contributed by atoms with Gasteiger partial charge in [-0.05, 0) is 29.8 Å². The van der Waals surface area contributed by atoms with Crippen molar-refractivity contribution in [2.24, 2.45) is 0 Å². The molecule has 1 heterocycles. The third-order valence-corrected chi connectivity index (χ3v) is 4.22. The Bertz CT molecular complexity index is 773. The van der Waals surface area contributed by atoms with E-state index in [1.54, 1.807) is 47.4 Å². The number of hydrogen-bond acceptors (Lipinski definition) is 3. The van der Waals surface area contributed by atoms with E-state index in [0.717, 1.165) is 5.56 Å².